The van der Waals surface area contributed by atoms with Gasteiger partial charge < -0.3 is 9.99 Å². The van der Waals surface area contributed by atoms with Crippen LogP contribution in [0.15, 0.2) is 61.1 Å². The standard InChI is InChI=1S/C19H16FN5/c1-12-2-4-13(5-3-12)16-10-25(15-8-6-14(20)7-9-15)19-17(16)18(24-21)22-11-23-19/h2-11H,21H2,1H3,(H,22,23,24). The van der Waals surface area contributed by atoms with E-state index in [4.69, 9.17) is 5.84 Å². The van der Waals surface area contributed by atoms with Crippen molar-refractivity contribution in [1.29, 1.82) is 0 Å². The number of halogens is 1. The smallest absolute Gasteiger partial charge is 0.153 e. The number of nitrogens with two attached hydrogens (primary N) is 1. The molecule has 4 aromatic rings. The SMILES string of the molecule is Cc1ccc(-c2cn(-c3ccc(F)cc3)c3ncnc(NN)c23)cc1. The molecule has 25 heavy (non-hydrogen) atoms. The Morgan fingerprint density at radius 1 is 1.00 bits per heavy atom. The van der Waals surface area contributed by atoms with Gasteiger partial charge in [0.2, 0.25) is 0 Å². The average Bonchev–Trinajstić information content (AvgIpc) is 3.03. The number of nitrogen functional groups attached to an aromatic ring is 1. The molecule has 0 unspecified atom stereocenters. The second-order valence-electron chi connectivity index (χ2n) is 5.82. The summed E-state index contributed by atoms with van der Waals surface area (Å²) >= 11 is 0. The van der Waals surface area contributed by atoms with E-state index in [0.717, 1.165) is 22.2 Å². The molecular weight excluding hydrogens is 317 g/mol. The molecule has 0 aliphatic carbocycles. The van der Waals surface area contributed by atoms with Gasteiger partial charge in [0.15, 0.2) is 11.5 Å². The summed E-state index contributed by atoms with van der Waals surface area (Å²) in [5.74, 6) is 5.92. The molecule has 0 saturated heterocycles. The minimum absolute atomic E-state index is 0.280. The largest absolute Gasteiger partial charge is 0.308 e. The van der Waals surface area contributed by atoms with E-state index in [9.17, 15) is 4.39 Å². The van der Waals surface area contributed by atoms with Gasteiger partial charge in [-0.25, -0.2) is 20.2 Å². The number of nitrogens with zero attached hydrogens (tertiary/aromatic N) is 3. The van der Waals surface area contributed by atoms with Gasteiger partial charge in [-0.2, -0.15) is 0 Å². The molecule has 124 valence electrons. The average molecular weight is 333 g/mol. The molecular formula is C19H16FN5. The lowest BCUT2D eigenvalue weighted by Crippen LogP contribution is -2.09. The van der Waals surface area contributed by atoms with Crippen molar-refractivity contribution in [3.8, 4) is 16.8 Å². The lowest BCUT2D eigenvalue weighted by atomic mass is 10.0. The van der Waals surface area contributed by atoms with Crippen molar-refractivity contribution < 1.29 is 4.39 Å². The van der Waals surface area contributed by atoms with Crippen LogP contribution in [-0.2, 0) is 0 Å². The molecule has 2 heterocycles. The van der Waals surface area contributed by atoms with Crippen LogP contribution in [-0.4, -0.2) is 14.5 Å². The fourth-order valence-corrected chi connectivity index (χ4v) is 2.92. The Hall–Kier alpha value is -3.25. The van der Waals surface area contributed by atoms with E-state index in [1.807, 2.05) is 29.8 Å². The van der Waals surface area contributed by atoms with Gasteiger partial charge in [0.05, 0.1) is 5.39 Å². The first-order valence-electron chi connectivity index (χ1n) is 7.83. The zero-order valence-electron chi connectivity index (χ0n) is 13.6. The topological polar surface area (TPSA) is 68.8 Å². The molecule has 0 fully saturated rings. The van der Waals surface area contributed by atoms with Crippen LogP contribution in [0.4, 0.5) is 10.2 Å². The number of hydrazine groups is 1. The third-order valence-electron chi connectivity index (χ3n) is 4.19. The Kier molecular flexibility index (Phi) is 3.66. The molecule has 0 radical (unpaired) electrons. The van der Waals surface area contributed by atoms with Gasteiger partial charge >= 0.3 is 0 Å². The van der Waals surface area contributed by atoms with Crippen LogP contribution in [0.3, 0.4) is 0 Å². The fraction of sp³-hybridized carbons (Fsp3) is 0.0526. The summed E-state index contributed by atoms with van der Waals surface area (Å²) in [6, 6.07) is 14.5. The van der Waals surface area contributed by atoms with Gasteiger partial charge in [-0.05, 0) is 36.8 Å². The van der Waals surface area contributed by atoms with E-state index in [0.29, 0.717) is 11.5 Å². The predicted octanol–water partition coefficient (Wildman–Crippen LogP) is 3.82. The molecule has 0 spiro atoms. The Labute approximate surface area is 143 Å². The zero-order chi connectivity index (χ0) is 17.4. The number of aryl methyl sites for hydroxylation is 1. The molecule has 0 aliphatic rings. The van der Waals surface area contributed by atoms with Gasteiger partial charge in [0.1, 0.15) is 12.1 Å². The van der Waals surface area contributed by atoms with Gasteiger partial charge in [-0.3, -0.25) is 0 Å². The van der Waals surface area contributed by atoms with Crippen molar-refractivity contribution >= 4 is 16.9 Å². The maximum Gasteiger partial charge on any atom is 0.153 e. The summed E-state index contributed by atoms with van der Waals surface area (Å²) in [4.78, 5) is 8.64. The molecule has 0 aliphatic heterocycles. The number of rotatable bonds is 3. The first-order chi connectivity index (χ1) is 12.2. The summed E-state index contributed by atoms with van der Waals surface area (Å²) < 4.78 is 15.2. The summed E-state index contributed by atoms with van der Waals surface area (Å²) in [6.45, 7) is 2.04. The summed E-state index contributed by atoms with van der Waals surface area (Å²) in [5, 5.41) is 0.818. The summed E-state index contributed by atoms with van der Waals surface area (Å²) in [5.41, 5.74) is 7.31. The van der Waals surface area contributed by atoms with Gasteiger partial charge in [0, 0.05) is 17.4 Å². The van der Waals surface area contributed by atoms with Crippen molar-refractivity contribution in [2.45, 2.75) is 6.92 Å². The highest BCUT2D eigenvalue weighted by molar-refractivity contribution is 6.02. The van der Waals surface area contributed by atoms with E-state index in [1.165, 1.54) is 24.0 Å². The van der Waals surface area contributed by atoms with Crippen LogP contribution in [0.5, 0.6) is 0 Å². The van der Waals surface area contributed by atoms with Crippen molar-refractivity contribution in [2.24, 2.45) is 5.84 Å². The third kappa shape index (κ3) is 2.62. The van der Waals surface area contributed by atoms with E-state index in [2.05, 4.69) is 27.5 Å². The monoisotopic (exact) mass is 333 g/mol. The van der Waals surface area contributed by atoms with Crippen molar-refractivity contribution in [1.82, 2.24) is 14.5 Å². The van der Waals surface area contributed by atoms with Crippen LogP contribution in [0.25, 0.3) is 27.8 Å². The third-order valence-corrected chi connectivity index (χ3v) is 4.19. The maximum absolute atomic E-state index is 13.3. The minimum Gasteiger partial charge on any atom is -0.308 e. The number of hydrogen-bond donors (Lipinski definition) is 2. The predicted molar refractivity (Wildman–Crippen MR) is 96.8 cm³/mol. The Morgan fingerprint density at radius 2 is 1.72 bits per heavy atom. The van der Waals surface area contributed by atoms with Gasteiger partial charge in [-0.1, -0.05) is 29.8 Å². The Morgan fingerprint density at radius 3 is 2.40 bits per heavy atom. The fourth-order valence-electron chi connectivity index (χ4n) is 2.92. The van der Waals surface area contributed by atoms with E-state index < -0.39 is 0 Å². The second kappa shape index (κ2) is 5.99. The Bertz CT molecular complexity index is 1040. The van der Waals surface area contributed by atoms with Gasteiger partial charge in [0.25, 0.3) is 0 Å². The number of anilines is 1. The number of fused-ring (bicyclic) bond motifs is 1. The van der Waals surface area contributed by atoms with Crippen molar-refractivity contribution in [2.75, 3.05) is 5.43 Å². The Balaban J connectivity index is 2.02. The molecule has 0 saturated carbocycles. The molecule has 0 atom stereocenters. The normalized spacial score (nSPS) is 11.0. The molecule has 4 rings (SSSR count). The molecule has 2 aromatic heterocycles. The molecule has 0 amide bonds. The highest BCUT2D eigenvalue weighted by Crippen LogP contribution is 2.35. The van der Waals surface area contributed by atoms with Crippen molar-refractivity contribution in [3.63, 3.8) is 0 Å². The summed E-state index contributed by atoms with van der Waals surface area (Å²) in [7, 11) is 0. The molecule has 3 N–H and O–H groups in total. The lowest BCUT2D eigenvalue weighted by molar-refractivity contribution is 0.627. The van der Waals surface area contributed by atoms with Crippen LogP contribution in [0, 0.1) is 12.7 Å². The van der Waals surface area contributed by atoms with E-state index >= 15 is 0 Å². The quantitative estimate of drug-likeness (QED) is 0.442. The molecule has 2 aromatic carbocycles. The highest BCUT2D eigenvalue weighted by atomic mass is 19.1. The molecule has 6 heteroatoms. The number of nitrogens with one attached hydrogen (secondary N) is 1. The molecule has 0 bridgehead atoms. The van der Waals surface area contributed by atoms with Crippen LogP contribution in [0.2, 0.25) is 0 Å². The maximum atomic E-state index is 13.3. The highest BCUT2D eigenvalue weighted by Gasteiger charge is 2.16. The minimum atomic E-state index is -0.280. The van der Waals surface area contributed by atoms with E-state index in [-0.39, 0.29) is 5.82 Å². The number of benzene rings is 2. The van der Waals surface area contributed by atoms with E-state index in [1.54, 1.807) is 12.1 Å². The number of hydrogen-bond acceptors (Lipinski definition) is 4. The van der Waals surface area contributed by atoms with Crippen LogP contribution >= 0.6 is 0 Å². The van der Waals surface area contributed by atoms with Crippen LogP contribution < -0.4 is 11.3 Å². The van der Waals surface area contributed by atoms with Crippen molar-refractivity contribution in [3.05, 3.63) is 72.4 Å². The van der Waals surface area contributed by atoms with Crippen LogP contribution in [0.1, 0.15) is 5.56 Å². The molecule has 5 nitrogen and oxygen atoms in total. The van der Waals surface area contributed by atoms with Gasteiger partial charge in [-0.15, -0.1) is 0 Å². The zero-order valence-corrected chi connectivity index (χ0v) is 13.6. The summed E-state index contributed by atoms with van der Waals surface area (Å²) in [6.07, 6.45) is 3.43. The number of aromatic nitrogens is 3. The first kappa shape index (κ1) is 15.3. The first-order valence-corrected chi connectivity index (χ1v) is 7.83. The second-order valence-corrected chi connectivity index (χ2v) is 5.82. The lowest BCUT2D eigenvalue weighted by Gasteiger charge is -2.05.